The fraction of sp³-hybridized carbons (Fsp3) is 0.235. The lowest BCUT2D eigenvalue weighted by Crippen LogP contribution is -2.21. The van der Waals surface area contributed by atoms with E-state index in [0.29, 0.717) is 33.6 Å². The van der Waals surface area contributed by atoms with Gasteiger partial charge >= 0.3 is 5.97 Å². The quantitative estimate of drug-likeness (QED) is 0.155. The molecule has 10 nitrogen and oxygen atoms in total. The van der Waals surface area contributed by atoms with Crippen LogP contribution in [0.5, 0.6) is 0 Å². The summed E-state index contributed by atoms with van der Waals surface area (Å²) in [7, 11) is -2.73. The minimum absolute atomic E-state index is 0.109. The number of aromatic nitrogens is 1. The molecule has 46 heavy (non-hydrogen) atoms. The van der Waals surface area contributed by atoms with Crippen molar-refractivity contribution in [3.05, 3.63) is 102 Å². The van der Waals surface area contributed by atoms with Crippen LogP contribution in [-0.2, 0) is 19.6 Å². The number of aliphatic hydroxyl groups excluding tert-OH is 2. The number of carbonyl (C=O) groups is 2. The second-order valence-corrected chi connectivity index (χ2v) is 12.5. The predicted octanol–water partition coefficient (Wildman–Crippen LogP) is 5.13. The van der Waals surface area contributed by atoms with Crippen molar-refractivity contribution in [2.45, 2.75) is 49.8 Å². The van der Waals surface area contributed by atoms with Crippen molar-refractivity contribution in [2.75, 3.05) is 12.4 Å². The van der Waals surface area contributed by atoms with E-state index in [9.17, 15) is 32.6 Å². The van der Waals surface area contributed by atoms with E-state index < -0.39 is 39.9 Å². The zero-order valence-corrected chi connectivity index (χ0v) is 26.4. The number of sulfonamides is 1. The third-order valence-electron chi connectivity index (χ3n) is 7.23. The van der Waals surface area contributed by atoms with Gasteiger partial charge in [-0.1, -0.05) is 48.5 Å². The lowest BCUT2D eigenvalue weighted by atomic mass is 9.94. The molecule has 0 saturated carbocycles. The number of methoxy groups -OCH3 is 1. The smallest absolute Gasteiger partial charge is 0.308 e. The Morgan fingerprint density at radius 3 is 2.13 bits per heavy atom. The summed E-state index contributed by atoms with van der Waals surface area (Å²) in [6, 6.07) is 20.1. The van der Waals surface area contributed by atoms with Crippen molar-refractivity contribution >= 4 is 33.7 Å². The molecule has 0 aliphatic heterocycles. The number of nitrogens with two attached hydrogens (primary N) is 1. The second kappa shape index (κ2) is 14.6. The van der Waals surface area contributed by atoms with Crippen molar-refractivity contribution in [3.63, 3.8) is 0 Å². The molecule has 1 heterocycles. The summed E-state index contributed by atoms with van der Waals surface area (Å²) in [5.41, 5.74) is 3.54. The molecule has 2 unspecified atom stereocenters. The maximum Gasteiger partial charge on any atom is 0.308 e. The topological polar surface area (TPSA) is 161 Å². The van der Waals surface area contributed by atoms with E-state index >= 15 is 0 Å². The van der Waals surface area contributed by atoms with Crippen LogP contribution in [0.3, 0.4) is 0 Å². The number of benzene rings is 3. The monoisotopic (exact) mass is 649 g/mol. The highest BCUT2D eigenvalue weighted by Gasteiger charge is 2.29. The van der Waals surface area contributed by atoms with Crippen LogP contribution in [0.1, 0.15) is 48.9 Å². The average molecular weight is 650 g/mol. The highest BCUT2D eigenvalue weighted by molar-refractivity contribution is 7.89. The molecule has 0 radical (unpaired) electrons. The Balaban J connectivity index is 1.91. The first-order valence-corrected chi connectivity index (χ1v) is 16.0. The van der Waals surface area contributed by atoms with E-state index in [1.165, 1.54) is 49.6 Å². The number of esters is 1. The molecule has 1 amide bonds. The number of halogens is 1. The van der Waals surface area contributed by atoms with Crippen molar-refractivity contribution in [3.8, 4) is 22.3 Å². The Bertz CT molecular complexity index is 1820. The molecule has 1 aromatic heterocycles. The zero-order valence-electron chi connectivity index (χ0n) is 25.6. The van der Waals surface area contributed by atoms with Gasteiger partial charge in [-0.25, -0.2) is 17.9 Å². The molecule has 5 N–H and O–H groups in total. The summed E-state index contributed by atoms with van der Waals surface area (Å²) in [6.07, 6.45) is 0.356. The Labute approximate surface area is 267 Å². The molecule has 0 bridgehead atoms. The highest BCUT2D eigenvalue weighted by Crippen LogP contribution is 2.43. The Kier molecular flexibility index (Phi) is 10.9. The van der Waals surface area contributed by atoms with Crippen LogP contribution in [0, 0.1) is 5.82 Å². The maximum atomic E-state index is 14.2. The molecule has 0 fully saturated rings. The second-order valence-electron chi connectivity index (χ2n) is 10.9. The average Bonchev–Trinajstić information content (AvgIpc) is 3.36. The van der Waals surface area contributed by atoms with Gasteiger partial charge in [0.25, 0.3) is 5.91 Å². The molecule has 0 spiro atoms. The summed E-state index contributed by atoms with van der Waals surface area (Å²) in [5, 5.41) is 29.1. The van der Waals surface area contributed by atoms with Crippen molar-refractivity contribution in [2.24, 2.45) is 5.14 Å². The van der Waals surface area contributed by atoms with Gasteiger partial charge in [0.2, 0.25) is 10.0 Å². The SMILES string of the molecule is COC(=O)CC(O)CC(O)/C=C/c1c(-c2ccc(F)cc2)c(-c2ccccc2)c(C(=O)Nc2ccc(S(N)(=O)=O)cc2)n1C(C)C. The van der Waals surface area contributed by atoms with Crippen LogP contribution >= 0.6 is 0 Å². The zero-order chi connectivity index (χ0) is 33.6. The van der Waals surface area contributed by atoms with Crippen LogP contribution in [-0.4, -0.2) is 54.4 Å². The number of nitrogens with one attached hydrogen (secondary N) is 1. The van der Waals surface area contributed by atoms with Crippen LogP contribution in [0.2, 0.25) is 0 Å². The summed E-state index contributed by atoms with van der Waals surface area (Å²) in [5.74, 6) is -1.56. The van der Waals surface area contributed by atoms with Crippen molar-refractivity contribution < 1.29 is 37.3 Å². The molecule has 0 aliphatic carbocycles. The third kappa shape index (κ3) is 8.15. The number of rotatable bonds is 12. The third-order valence-corrected chi connectivity index (χ3v) is 8.16. The van der Waals surface area contributed by atoms with Crippen LogP contribution in [0.25, 0.3) is 28.3 Å². The first kappa shape index (κ1) is 34.3. The number of primary sulfonamides is 1. The minimum atomic E-state index is -3.94. The van der Waals surface area contributed by atoms with Gasteiger partial charge in [0.05, 0.1) is 30.6 Å². The van der Waals surface area contributed by atoms with Crippen molar-refractivity contribution in [1.29, 1.82) is 0 Å². The van der Waals surface area contributed by atoms with Gasteiger partial charge in [0.1, 0.15) is 11.5 Å². The molecular formula is C34H36FN3O7S. The van der Waals surface area contributed by atoms with Gasteiger partial charge in [0, 0.05) is 35.0 Å². The number of hydrogen-bond acceptors (Lipinski definition) is 7. The van der Waals surface area contributed by atoms with Crippen molar-refractivity contribution in [1.82, 2.24) is 4.57 Å². The number of nitrogens with zero attached hydrogens (tertiary/aromatic N) is 1. The fourth-order valence-corrected chi connectivity index (χ4v) is 5.68. The Morgan fingerprint density at radius 1 is 0.957 bits per heavy atom. The number of anilines is 1. The maximum absolute atomic E-state index is 14.2. The predicted molar refractivity (Wildman–Crippen MR) is 174 cm³/mol. The highest BCUT2D eigenvalue weighted by atomic mass is 32.2. The normalized spacial score (nSPS) is 13.1. The Hall–Kier alpha value is -4.62. The molecular weight excluding hydrogens is 613 g/mol. The molecule has 12 heteroatoms. The van der Waals surface area contributed by atoms with Gasteiger partial charge in [-0.15, -0.1) is 0 Å². The summed E-state index contributed by atoms with van der Waals surface area (Å²) < 4.78 is 43.9. The van der Waals surface area contributed by atoms with Crippen LogP contribution in [0.4, 0.5) is 10.1 Å². The number of ether oxygens (including phenoxy) is 1. The molecule has 0 saturated heterocycles. The van der Waals surface area contributed by atoms with Gasteiger partial charge < -0.3 is 24.8 Å². The van der Waals surface area contributed by atoms with Crippen LogP contribution < -0.4 is 10.5 Å². The van der Waals surface area contributed by atoms with Gasteiger partial charge in [-0.3, -0.25) is 9.59 Å². The first-order valence-electron chi connectivity index (χ1n) is 14.4. The molecule has 4 aromatic rings. The molecule has 242 valence electrons. The molecule has 3 aromatic carbocycles. The fourth-order valence-electron chi connectivity index (χ4n) is 5.16. The first-order chi connectivity index (χ1) is 21.8. The Morgan fingerprint density at radius 2 is 1.57 bits per heavy atom. The molecule has 4 rings (SSSR count). The minimum Gasteiger partial charge on any atom is -0.469 e. The van der Waals surface area contributed by atoms with E-state index in [0.717, 1.165) is 0 Å². The summed E-state index contributed by atoms with van der Waals surface area (Å²) >= 11 is 0. The van der Waals surface area contributed by atoms with Gasteiger partial charge in [-0.05, 0) is 67.4 Å². The summed E-state index contributed by atoms with van der Waals surface area (Å²) in [4.78, 5) is 25.7. The largest absolute Gasteiger partial charge is 0.469 e. The van der Waals surface area contributed by atoms with Gasteiger partial charge in [0.15, 0.2) is 0 Å². The van der Waals surface area contributed by atoms with E-state index in [2.05, 4.69) is 10.1 Å². The van der Waals surface area contributed by atoms with E-state index in [4.69, 9.17) is 5.14 Å². The van der Waals surface area contributed by atoms with E-state index in [1.807, 2.05) is 44.2 Å². The lowest BCUT2D eigenvalue weighted by molar-refractivity contribution is -0.143. The van der Waals surface area contributed by atoms with E-state index in [-0.39, 0.29) is 29.5 Å². The van der Waals surface area contributed by atoms with Crippen LogP contribution in [0.15, 0.2) is 89.8 Å². The number of aliphatic hydroxyl groups is 2. The summed E-state index contributed by atoms with van der Waals surface area (Å²) in [6.45, 7) is 3.77. The standard InChI is InChI=1S/C34H36FN3O7S/c1-21(2)38-29(18-15-26(39)19-27(40)20-30(41)45-3)31(23-9-11-24(35)12-10-23)32(22-7-5-4-6-8-22)33(38)34(42)37-25-13-16-28(17-14-25)46(36,43)44/h4-18,21,26-27,39-40H,19-20H2,1-3H3,(H,37,42)(H2,36,43,44)/b18-15+. The number of amides is 1. The van der Waals surface area contributed by atoms with Gasteiger partial charge in [-0.2, -0.15) is 0 Å². The molecule has 0 aliphatic rings. The lowest BCUT2D eigenvalue weighted by Gasteiger charge is -2.17. The number of hydrogen-bond donors (Lipinski definition) is 4. The van der Waals surface area contributed by atoms with E-state index in [1.54, 1.807) is 22.8 Å². The number of carbonyl (C=O) groups excluding carboxylic acids is 2. The molecule has 2 atom stereocenters.